The highest BCUT2D eigenvalue weighted by Crippen LogP contribution is 2.40. The summed E-state index contributed by atoms with van der Waals surface area (Å²) in [5.74, 6) is 0. The number of thiazole rings is 1. The van der Waals surface area contributed by atoms with E-state index in [0.29, 0.717) is 0 Å². The summed E-state index contributed by atoms with van der Waals surface area (Å²) in [6.07, 6.45) is 0. The van der Waals surface area contributed by atoms with E-state index in [1.165, 1.54) is 4.70 Å². The SMILES string of the molecule is Brc1sc(Br)c2scnc12. The fourth-order valence-corrected chi connectivity index (χ4v) is 4.78. The lowest BCUT2D eigenvalue weighted by molar-refractivity contribution is 1.51. The molecule has 0 saturated carbocycles. The van der Waals surface area contributed by atoms with Crippen LogP contribution in [0.1, 0.15) is 0 Å². The van der Waals surface area contributed by atoms with Gasteiger partial charge < -0.3 is 0 Å². The topological polar surface area (TPSA) is 12.9 Å². The molecule has 0 spiro atoms. The fourth-order valence-electron chi connectivity index (χ4n) is 0.699. The predicted octanol–water partition coefficient (Wildman–Crippen LogP) is 3.88. The molecule has 2 rings (SSSR count). The molecule has 0 N–H and O–H groups in total. The van der Waals surface area contributed by atoms with Crippen molar-refractivity contribution in [1.29, 1.82) is 0 Å². The number of fused-ring (bicyclic) bond motifs is 1. The Bertz CT molecular complexity index is 333. The fraction of sp³-hybridized carbons (Fsp3) is 0. The highest BCUT2D eigenvalue weighted by atomic mass is 79.9. The molecule has 0 aliphatic heterocycles. The highest BCUT2D eigenvalue weighted by Gasteiger charge is 2.08. The van der Waals surface area contributed by atoms with Crippen molar-refractivity contribution in [2.24, 2.45) is 0 Å². The van der Waals surface area contributed by atoms with E-state index in [1.807, 2.05) is 5.51 Å². The van der Waals surface area contributed by atoms with E-state index in [2.05, 4.69) is 36.8 Å². The molecule has 0 aromatic carbocycles. The molecule has 0 saturated heterocycles. The Hall–Kier alpha value is 0.550. The first-order valence-electron chi connectivity index (χ1n) is 2.46. The van der Waals surface area contributed by atoms with E-state index < -0.39 is 0 Å². The molecule has 52 valence electrons. The van der Waals surface area contributed by atoms with Crippen molar-refractivity contribution in [3.63, 3.8) is 0 Å². The third kappa shape index (κ3) is 0.958. The number of hydrogen-bond acceptors (Lipinski definition) is 3. The van der Waals surface area contributed by atoms with Gasteiger partial charge in [-0.25, -0.2) is 4.98 Å². The second kappa shape index (κ2) is 2.55. The van der Waals surface area contributed by atoms with Crippen LogP contribution < -0.4 is 0 Å². The maximum atomic E-state index is 4.19. The van der Waals surface area contributed by atoms with Crippen molar-refractivity contribution in [1.82, 2.24) is 4.98 Å². The molecule has 2 aromatic heterocycles. The first-order valence-corrected chi connectivity index (χ1v) is 5.74. The summed E-state index contributed by atoms with van der Waals surface area (Å²) in [7, 11) is 0. The lowest BCUT2D eigenvalue weighted by Crippen LogP contribution is -1.55. The van der Waals surface area contributed by atoms with Crippen LogP contribution in [0.3, 0.4) is 0 Å². The zero-order valence-electron chi connectivity index (χ0n) is 4.60. The predicted molar refractivity (Wildman–Crippen MR) is 52.9 cm³/mol. The van der Waals surface area contributed by atoms with Crippen LogP contribution in [0.15, 0.2) is 13.1 Å². The third-order valence-corrected chi connectivity index (χ3v) is 4.85. The first kappa shape index (κ1) is 7.21. The Morgan fingerprint density at radius 3 is 2.80 bits per heavy atom. The summed E-state index contributed by atoms with van der Waals surface area (Å²) < 4.78 is 3.50. The summed E-state index contributed by atoms with van der Waals surface area (Å²) in [6, 6.07) is 0. The number of rotatable bonds is 0. The van der Waals surface area contributed by atoms with Crippen LogP contribution in [0.4, 0.5) is 0 Å². The molecule has 0 aliphatic carbocycles. The Morgan fingerprint density at radius 1 is 1.30 bits per heavy atom. The van der Waals surface area contributed by atoms with Crippen molar-refractivity contribution in [2.75, 3.05) is 0 Å². The van der Waals surface area contributed by atoms with Gasteiger partial charge in [-0.2, -0.15) is 0 Å². The van der Waals surface area contributed by atoms with Gasteiger partial charge in [-0.05, 0) is 31.9 Å². The second-order valence-electron chi connectivity index (χ2n) is 1.68. The molecule has 5 heteroatoms. The van der Waals surface area contributed by atoms with Crippen molar-refractivity contribution in [3.05, 3.63) is 13.1 Å². The maximum absolute atomic E-state index is 4.19. The van der Waals surface area contributed by atoms with Crippen molar-refractivity contribution in [3.8, 4) is 0 Å². The summed E-state index contributed by atoms with van der Waals surface area (Å²) in [5.41, 5.74) is 2.93. The van der Waals surface area contributed by atoms with E-state index in [-0.39, 0.29) is 0 Å². The van der Waals surface area contributed by atoms with Gasteiger partial charge in [0.1, 0.15) is 5.52 Å². The van der Waals surface area contributed by atoms with Crippen LogP contribution in [0.25, 0.3) is 10.2 Å². The normalized spacial score (nSPS) is 11.0. The molecule has 10 heavy (non-hydrogen) atoms. The standard InChI is InChI=1S/C5HBr2NS2/c6-4-2-3(5(7)10-4)9-1-8-2/h1H. The van der Waals surface area contributed by atoms with E-state index in [0.717, 1.165) is 13.1 Å². The molecule has 0 aliphatic rings. The Balaban J connectivity index is 2.98. The van der Waals surface area contributed by atoms with Crippen LogP contribution in [0.2, 0.25) is 0 Å². The Morgan fingerprint density at radius 2 is 2.10 bits per heavy atom. The van der Waals surface area contributed by atoms with Crippen LogP contribution in [0.5, 0.6) is 0 Å². The summed E-state index contributed by atoms with van der Waals surface area (Å²) >= 11 is 10.2. The van der Waals surface area contributed by atoms with Crippen molar-refractivity contribution < 1.29 is 0 Å². The van der Waals surface area contributed by atoms with Gasteiger partial charge in [0.25, 0.3) is 0 Å². The molecule has 2 heterocycles. The molecule has 0 fully saturated rings. The zero-order chi connectivity index (χ0) is 7.14. The molecule has 0 atom stereocenters. The van der Waals surface area contributed by atoms with Gasteiger partial charge >= 0.3 is 0 Å². The Kier molecular flexibility index (Phi) is 1.84. The van der Waals surface area contributed by atoms with Gasteiger partial charge in [0, 0.05) is 0 Å². The van der Waals surface area contributed by atoms with Gasteiger partial charge in [0.2, 0.25) is 0 Å². The van der Waals surface area contributed by atoms with Gasteiger partial charge in [-0.1, -0.05) is 0 Å². The lowest BCUT2D eigenvalue weighted by Gasteiger charge is -1.71. The summed E-state index contributed by atoms with van der Waals surface area (Å²) in [5, 5.41) is 0. The molecule has 2 aromatic rings. The summed E-state index contributed by atoms with van der Waals surface area (Å²) in [4.78, 5) is 4.19. The minimum Gasteiger partial charge on any atom is -0.243 e. The van der Waals surface area contributed by atoms with E-state index in [1.54, 1.807) is 22.7 Å². The van der Waals surface area contributed by atoms with Crippen LogP contribution in [0, 0.1) is 0 Å². The molecule has 0 bridgehead atoms. The summed E-state index contributed by atoms with van der Waals surface area (Å²) in [6.45, 7) is 0. The van der Waals surface area contributed by atoms with Crippen molar-refractivity contribution >= 4 is 64.8 Å². The second-order valence-corrected chi connectivity index (χ2v) is 6.19. The van der Waals surface area contributed by atoms with Crippen LogP contribution in [-0.2, 0) is 0 Å². The molecule has 0 unspecified atom stereocenters. The number of hydrogen-bond donors (Lipinski definition) is 0. The first-order chi connectivity index (χ1) is 4.79. The molecular formula is C5HBr2NS2. The molecule has 0 radical (unpaired) electrons. The lowest BCUT2D eigenvalue weighted by atomic mass is 10.6. The minimum atomic E-state index is 1.07. The number of nitrogens with zero attached hydrogens (tertiary/aromatic N) is 1. The van der Waals surface area contributed by atoms with Crippen molar-refractivity contribution in [2.45, 2.75) is 0 Å². The minimum absolute atomic E-state index is 1.07. The molecule has 1 nitrogen and oxygen atoms in total. The number of halogens is 2. The average Bonchev–Trinajstić information content (AvgIpc) is 2.39. The average molecular weight is 299 g/mol. The Labute approximate surface area is 82.3 Å². The smallest absolute Gasteiger partial charge is 0.107 e. The van der Waals surface area contributed by atoms with Gasteiger partial charge in [0.05, 0.1) is 17.8 Å². The largest absolute Gasteiger partial charge is 0.243 e. The van der Waals surface area contributed by atoms with E-state index >= 15 is 0 Å². The van der Waals surface area contributed by atoms with E-state index in [9.17, 15) is 0 Å². The van der Waals surface area contributed by atoms with Gasteiger partial charge in [-0.3, -0.25) is 0 Å². The third-order valence-electron chi connectivity index (χ3n) is 1.11. The zero-order valence-corrected chi connectivity index (χ0v) is 9.40. The maximum Gasteiger partial charge on any atom is 0.107 e. The van der Waals surface area contributed by atoms with Gasteiger partial charge in [-0.15, -0.1) is 22.7 Å². The van der Waals surface area contributed by atoms with Crippen LogP contribution in [-0.4, -0.2) is 4.98 Å². The number of thiophene rings is 1. The highest BCUT2D eigenvalue weighted by molar-refractivity contribution is 9.12. The quantitative estimate of drug-likeness (QED) is 0.719. The monoisotopic (exact) mass is 297 g/mol. The molecule has 0 amide bonds. The van der Waals surface area contributed by atoms with E-state index in [4.69, 9.17) is 0 Å². The number of aromatic nitrogens is 1. The molecular weight excluding hydrogens is 298 g/mol. The van der Waals surface area contributed by atoms with Crippen LogP contribution >= 0.6 is 54.5 Å². The van der Waals surface area contributed by atoms with Gasteiger partial charge in [0.15, 0.2) is 0 Å².